The van der Waals surface area contributed by atoms with Crippen LogP contribution in [0, 0.1) is 6.92 Å². The third-order valence-electron chi connectivity index (χ3n) is 6.58. The minimum Gasteiger partial charge on any atom is -0.379 e. The number of rotatable bonds is 9. The first-order valence-corrected chi connectivity index (χ1v) is 15.8. The second-order valence-corrected chi connectivity index (χ2v) is 13.0. The van der Waals surface area contributed by atoms with Crippen LogP contribution >= 0.6 is 34.5 Å². The summed E-state index contributed by atoms with van der Waals surface area (Å²) in [7, 11) is -3.80. The molecule has 5 rings (SSSR count). The van der Waals surface area contributed by atoms with Gasteiger partial charge in [-0.3, -0.25) is 19.3 Å². The predicted octanol–water partition coefficient (Wildman–Crippen LogP) is 6.08. The number of hydrogen-bond acceptors (Lipinski definition) is 7. The first-order chi connectivity index (χ1) is 19.2. The largest absolute Gasteiger partial charge is 0.379 e. The van der Waals surface area contributed by atoms with Crippen molar-refractivity contribution >= 4 is 71.5 Å². The van der Waals surface area contributed by atoms with E-state index < -0.39 is 10.0 Å². The van der Waals surface area contributed by atoms with Crippen LogP contribution in [0.1, 0.15) is 22.3 Å². The van der Waals surface area contributed by atoms with Gasteiger partial charge in [-0.2, -0.15) is 0 Å². The number of ether oxygens (including phenoxy) is 1. The van der Waals surface area contributed by atoms with Gasteiger partial charge in [0.15, 0.2) is 5.13 Å². The molecule has 0 unspecified atom stereocenters. The monoisotopic (exact) mass is 618 g/mol. The first-order valence-electron chi connectivity index (χ1n) is 12.8. The maximum atomic E-state index is 13.8. The average Bonchev–Trinajstić information content (AvgIpc) is 3.36. The van der Waals surface area contributed by atoms with Crippen LogP contribution in [0.5, 0.6) is 0 Å². The van der Waals surface area contributed by atoms with E-state index in [0.717, 1.165) is 41.8 Å². The summed E-state index contributed by atoms with van der Waals surface area (Å²) in [6, 6.07) is 16.0. The molecule has 1 saturated heterocycles. The number of nitrogens with one attached hydrogen (secondary N) is 1. The van der Waals surface area contributed by atoms with Crippen molar-refractivity contribution in [3.05, 3.63) is 81.8 Å². The van der Waals surface area contributed by atoms with Crippen molar-refractivity contribution in [2.45, 2.75) is 18.2 Å². The number of carbonyl (C=O) groups is 1. The molecular weight excluding hydrogens is 591 g/mol. The van der Waals surface area contributed by atoms with Crippen molar-refractivity contribution < 1.29 is 17.9 Å². The highest BCUT2D eigenvalue weighted by Gasteiger charge is 2.23. The normalized spacial score (nSPS) is 14.4. The molecule has 12 heteroatoms. The van der Waals surface area contributed by atoms with Gasteiger partial charge in [-0.25, -0.2) is 13.4 Å². The molecule has 8 nitrogen and oxygen atoms in total. The number of thiazole rings is 1. The Balaban J connectivity index is 1.36. The molecular formula is C28H28Cl2N4O4S2. The third-order valence-corrected chi connectivity index (χ3v) is 9.48. The minimum absolute atomic E-state index is 0.0923. The van der Waals surface area contributed by atoms with E-state index in [2.05, 4.69) is 9.62 Å². The quantitative estimate of drug-likeness (QED) is 0.244. The molecule has 0 bridgehead atoms. The summed E-state index contributed by atoms with van der Waals surface area (Å²) in [6.07, 6.45) is 0.764. The molecule has 0 spiro atoms. The highest BCUT2D eigenvalue weighted by Crippen LogP contribution is 2.34. The van der Waals surface area contributed by atoms with E-state index in [1.165, 1.54) is 35.6 Å². The molecule has 1 N–H and O–H groups in total. The maximum absolute atomic E-state index is 13.8. The number of hydrogen-bond donors (Lipinski definition) is 1. The number of carbonyl (C=O) groups excluding carboxylic acids is 1. The Morgan fingerprint density at radius 3 is 2.45 bits per heavy atom. The molecule has 1 fully saturated rings. The zero-order chi connectivity index (χ0) is 28.3. The van der Waals surface area contributed by atoms with Gasteiger partial charge in [0.1, 0.15) is 0 Å². The Hall–Kier alpha value is -2.73. The lowest BCUT2D eigenvalue weighted by atomic mass is 10.2. The Morgan fingerprint density at radius 2 is 1.75 bits per heavy atom. The second-order valence-electron chi connectivity index (χ2n) is 9.47. The van der Waals surface area contributed by atoms with Crippen molar-refractivity contribution in [3.8, 4) is 0 Å². The standard InChI is InChI=1S/C28H28Cl2N4O4S2/c1-19-17-22(30)18-25-26(19)31-28(39-25)34(12-2-11-33-13-15-38-16-14-33)27(35)20-3-7-23(8-4-20)32-40(36,37)24-9-5-21(29)6-10-24/h3-10,17-18,32H,2,11-16H2,1H3. The number of amides is 1. The van der Waals surface area contributed by atoms with Crippen molar-refractivity contribution in [3.63, 3.8) is 0 Å². The topological polar surface area (TPSA) is 91.8 Å². The number of sulfonamides is 1. The summed E-state index contributed by atoms with van der Waals surface area (Å²) < 4.78 is 34.4. The molecule has 40 heavy (non-hydrogen) atoms. The van der Waals surface area contributed by atoms with Crippen LogP contribution in [-0.2, 0) is 14.8 Å². The molecule has 3 aromatic carbocycles. The fourth-order valence-electron chi connectivity index (χ4n) is 4.48. The number of anilines is 2. The van der Waals surface area contributed by atoms with E-state index in [9.17, 15) is 13.2 Å². The summed E-state index contributed by atoms with van der Waals surface area (Å²) in [5, 5.41) is 1.67. The Bertz CT molecular complexity index is 1600. The molecule has 210 valence electrons. The summed E-state index contributed by atoms with van der Waals surface area (Å²) in [4.78, 5) is 22.7. The number of benzene rings is 3. The van der Waals surface area contributed by atoms with E-state index in [1.807, 2.05) is 19.1 Å². The molecule has 0 radical (unpaired) electrons. The van der Waals surface area contributed by atoms with Crippen LogP contribution in [0.3, 0.4) is 0 Å². The van der Waals surface area contributed by atoms with E-state index in [-0.39, 0.29) is 10.8 Å². The Morgan fingerprint density at radius 1 is 1.05 bits per heavy atom. The van der Waals surface area contributed by atoms with Crippen molar-refractivity contribution in [1.82, 2.24) is 9.88 Å². The highest BCUT2D eigenvalue weighted by molar-refractivity contribution is 7.92. The van der Waals surface area contributed by atoms with Gasteiger partial charge in [0.2, 0.25) is 0 Å². The number of morpholine rings is 1. The van der Waals surface area contributed by atoms with E-state index >= 15 is 0 Å². The fourth-order valence-corrected chi connectivity index (χ4v) is 7.11. The predicted molar refractivity (Wildman–Crippen MR) is 162 cm³/mol. The zero-order valence-electron chi connectivity index (χ0n) is 21.8. The number of aromatic nitrogens is 1. The van der Waals surface area contributed by atoms with Crippen LogP contribution in [0.25, 0.3) is 10.2 Å². The third kappa shape index (κ3) is 6.76. The second kappa shape index (κ2) is 12.4. The van der Waals surface area contributed by atoms with Crippen LogP contribution < -0.4 is 9.62 Å². The zero-order valence-corrected chi connectivity index (χ0v) is 24.9. The number of halogens is 2. The summed E-state index contributed by atoms with van der Waals surface area (Å²) in [6.45, 7) is 6.46. The fraction of sp³-hybridized carbons (Fsp3) is 0.286. The number of aryl methyl sites for hydroxylation is 1. The van der Waals surface area contributed by atoms with Gasteiger partial charge in [0, 0.05) is 47.5 Å². The van der Waals surface area contributed by atoms with Gasteiger partial charge < -0.3 is 4.74 Å². The molecule has 1 aliphatic rings. The van der Waals surface area contributed by atoms with Crippen LogP contribution in [0.15, 0.2) is 65.6 Å². The summed E-state index contributed by atoms with van der Waals surface area (Å²) in [5.41, 5.74) is 2.54. The minimum atomic E-state index is -3.80. The van der Waals surface area contributed by atoms with E-state index in [4.69, 9.17) is 32.9 Å². The van der Waals surface area contributed by atoms with Gasteiger partial charge in [0.05, 0.1) is 28.3 Å². The number of fused-ring (bicyclic) bond motifs is 1. The smallest absolute Gasteiger partial charge is 0.261 e. The van der Waals surface area contributed by atoms with Gasteiger partial charge in [-0.1, -0.05) is 34.5 Å². The molecule has 1 aromatic heterocycles. The van der Waals surface area contributed by atoms with Gasteiger partial charge >= 0.3 is 0 Å². The maximum Gasteiger partial charge on any atom is 0.261 e. The summed E-state index contributed by atoms with van der Waals surface area (Å²) >= 11 is 13.6. The molecule has 2 heterocycles. The molecule has 0 aliphatic carbocycles. The van der Waals surface area contributed by atoms with E-state index in [1.54, 1.807) is 29.2 Å². The molecule has 1 amide bonds. The van der Waals surface area contributed by atoms with Crippen molar-refractivity contribution in [2.75, 3.05) is 49.0 Å². The highest BCUT2D eigenvalue weighted by atomic mass is 35.5. The molecule has 0 saturated carbocycles. The summed E-state index contributed by atoms with van der Waals surface area (Å²) in [5.74, 6) is -0.211. The van der Waals surface area contributed by atoms with Crippen molar-refractivity contribution in [2.24, 2.45) is 0 Å². The SMILES string of the molecule is Cc1cc(Cl)cc2sc(N(CCCN3CCOCC3)C(=O)c3ccc(NS(=O)(=O)c4ccc(Cl)cc4)cc3)nc12. The molecule has 0 atom stereocenters. The van der Waals surface area contributed by atoms with Crippen molar-refractivity contribution in [1.29, 1.82) is 0 Å². The van der Waals surface area contributed by atoms with Crippen LogP contribution in [0.2, 0.25) is 10.0 Å². The Kier molecular flexibility index (Phi) is 8.94. The Labute approximate surface area is 247 Å². The molecule has 4 aromatic rings. The van der Waals surface area contributed by atoms with E-state index in [0.29, 0.717) is 46.2 Å². The lowest BCUT2D eigenvalue weighted by Crippen LogP contribution is -2.39. The first kappa shape index (κ1) is 28.8. The van der Waals surface area contributed by atoms with Gasteiger partial charge in [-0.15, -0.1) is 0 Å². The lowest BCUT2D eigenvalue weighted by molar-refractivity contribution is 0.0376. The number of nitrogens with zero attached hydrogens (tertiary/aromatic N) is 3. The van der Waals surface area contributed by atoms with Gasteiger partial charge in [0.25, 0.3) is 15.9 Å². The van der Waals surface area contributed by atoms with Crippen LogP contribution in [-0.4, -0.2) is 63.6 Å². The van der Waals surface area contributed by atoms with Crippen LogP contribution in [0.4, 0.5) is 10.8 Å². The lowest BCUT2D eigenvalue weighted by Gasteiger charge is -2.27. The average molecular weight is 620 g/mol. The molecule has 1 aliphatic heterocycles. The van der Waals surface area contributed by atoms with Gasteiger partial charge in [-0.05, 0) is 79.6 Å².